The first-order valence-electron chi connectivity index (χ1n) is 12.9. The smallest absolute Gasteiger partial charge is 0.114 e. The molecule has 0 unspecified atom stereocenters. The highest BCUT2D eigenvalue weighted by atomic mass is 16.6. The molecule has 0 amide bonds. The highest BCUT2D eigenvalue weighted by molar-refractivity contribution is 4.88. The fourth-order valence-corrected chi connectivity index (χ4v) is 4.27. The molecule has 1 aliphatic heterocycles. The second-order valence-electron chi connectivity index (χ2n) is 9.10. The summed E-state index contributed by atoms with van der Waals surface area (Å²) < 4.78 is 11.0. The van der Waals surface area contributed by atoms with Gasteiger partial charge in [-0.05, 0) is 6.42 Å². The average Bonchev–Trinajstić information content (AvgIpc) is 3.12. The van der Waals surface area contributed by atoms with Gasteiger partial charge in [0.2, 0.25) is 0 Å². The number of hydrogen-bond donors (Lipinski definition) is 3. The Balaban J connectivity index is 1.77. The maximum atomic E-state index is 10.1. The van der Waals surface area contributed by atoms with Crippen LogP contribution < -0.4 is 0 Å². The average molecular weight is 431 g/mol. The van der Waals surface area contributed by atoms with Crippen molar-refractivity contribution in [3.05, 3.63) is 0 Å². The molecule has 1 aliphatic rings. The van der Waals surface area contributed by atoms with Crippen LogP contribution in [0, 0.1) is 0 Å². The van der Waals surface area contributed by atoms with Gasteiger partial charge in [-0.15, -0.1) is 0 Å². The van der Waals surface area contributed by atoms with Gasteiger partial charge in [-0.1, -0.05) is 110 Å². The van der Waals surface area contributed by atoms with E-state index in [1.165, 1.54) is 96.3 Å². The standard InChI is InChI=1S/C25H50O5/c1-2-3-4-5-6-7-8-9-10-11-12-13-14-15-16-17-18-19-29-23-21-30-25(24(23)28)22(27)20-26/h22-28H,2-21H2,1H3/t22-,23+,24-,25-/m0/s1. The van der Waals surface area contributed by atoms with E-state index in [-0.39, 0.29) is 6.61 Å². The van der Waals surface area contributed by atoms with Gasteiger partial charge in [0, 0.05) is 6.61 Å². The molecule has 1 rings (SSSR count). The minimum Gasteiger partial charge on any atom is -0.394 e. The molecule has 0 aromatic rings. The number of rotatable bonds is 21. The van der Waals surface area contributed by atoms with Crippen molar-refractivity contribution in [2.75, 3.05) is 19.8 Å². The fourth-order valence-electron chi connectivity index (χ4n) is 4.27. The molecule has 0 aromatic heterocycles. The predicted molar refractivity (Wildman–Crippen MR) is 123 cm³/mol. The first-order chi connectivity index (χ1) is 14.7. The quantitative estimate of drug-likeness (QED) is 0.220. The largest absolute Gasteiger partial charge is 0.394 e. The molecule has 3 N–H and O–H groups in total. The Morgan fingerprint density at radius 3 is 1.63 bits per heavy atom. The zero-order valence-corrected chi connectivity index (χ0v) is 19.6. The summed E-state index contributed by atoms with van der Waals surface area (Å²) in [5.74, 6) is 0. The number of aliphatic hydroxyl groups is 3. The molecular weight excluding hydrogens is 380 g/mol. The third-order valence-corrected chi connectivity index (χ3v) is 6.32. The van der Waals surface area contributed by atoms with Crippen LogP contribution in [0.2, 0.25) is 0 Å². The lowest BCUT2D eigenvalue weighted by Gasteiger charge is -2.20. The maximum absolute atomic E-state index is 10.1. The molecule has 0 radical (unpaired) electrons. The maximum Gasteiger partial charge on any atom is 0.114 e. The lowest BCUT2D eigenvalue weighted by Crippen LogP contribution is -2.41. The zero-order chi connectivity index (χ0) is 21.9. The third kappa shape index (κ3) is 13.3. The van der Waals surface area contributed by atoms with Gasteiger partial charge in [-0.2, -0.15) is 0 Å². The lowest BCUT2D eigenvalue weighted by atomic mass is 10.0. The molecule has 5 heteroatoms. The van der Waals surface area contributed by atoms with Gasteiger partial charge in [0.15, 0.2) is 0 Å². The first-order valence-corrected chi connectivity index (χ1v) is 12.9. The van der Waals surface area contributed by atoms with Gasteiger partial charge in [0.05, 0.1) is 13.2 Å². The van der Waals surface area contributed by atoms with E-state index in [1.54, 1.807) is 0 Å². The normalized spacial score (nSPS) is 22.6. The van der Waals surface area contributed by atoms with Crippen molar-refractivity contribution >= 4 is 0 Å². The van der Waals surface area contributed by atoms with Crippen molar-refractivity contribution < 1.29 is 24.8 Å². The SMILES string of the molecule is CCCCCCCCCCCCCCCCCCCO[C@@H]1CO[C@@H]([C@@H](O)CO)[C@H]1O. The van der Waals surface area contributed by atoms with E-state index in [1.807, 2.05) is 0 Å². The second kappa shape index (κ2) is 19.5. The highest BCUT2D eigenvalue weighted by Gasteiger charge is 2.40. The first kappa shape index (κ1) is 27.8. The molecule has 30 heavy (non-hydrogen) atoms. The van der Waals surface area contributed by atoms with Crippen molar-refractivity contribution in [2.45, 2.75) is 140 Å². The molecular formula is C25H50O5. The second-order valence-corrected chi connectivity index (χ2v) is 9.10. The summed E-state index contributed by atoms with van der Waals surface area (Å²) in [6.07, 6.45) is 19.9. The lowest BCUT2D eigenvalue weighted by molar-refractivity contribution is -0.0730. The number of hydrogen-bond acceptors (Lipinski definition) is 5. The van der Waals surface area contributed by atoms with Crippen LogP contribution in [0.1, 0.15) is 116 Å². The summed E-state index contributed by atoms with van der Waals surface area (Å²) in [6, 6.07) is 0. The van der Waals surface area contributed by atoms with E-state index < -0.39 is 31.0 Å². The van der Waals surface area contributed by atoms with Crippen molar-refractivity contribution in [3.63, 3.8) is 0 Å². The van der Waals surface area contributed by atoms with Gasteiger partial charge in [0.25, 0.3) is 0 Å². The van der Waals surface area contributed by atoms with Gasteiger partial charge in [0.1, 0.15) is 24.4 Å². The van der Waals surface area contributed by atoms with Crippen molar-refractivity contribution in [1.29, 1.82) is 0 Å². The molecule has 0 aliphatic carbocycles. The molecule has 0 aromatic carbocycles. The van der Waals surface area contributed by atoms with E-state index in [0.717, 1.165) is 12.8 Å². The topological polar surface area (TPSA) is 79.2 Å². The Bertz CT molecular complexity index is 365. The molecule has 1 heterocycles. The van der Waals surface area contributed by atoms with Gasteiger partial charge in [-0.3, -0.25) is 0 Å². The Morgan fingerprint density at radius 1 is 0.767 bits per heavy atom. The molecule has 180 valence electrons. The molecule has 5 nitrogen and oxygen atoms in total. The zero-order valence-electron chi connectivity index (χ0n) is 19.6. The summed E-state index contributed by atoms with van der Waals surface area (Å²) in [5, 5.41) is 28.6. The Hall–Kier alpha value is -0.200. The molecule has 1 fully saturated rings. The molecule has 0 bridgehead atoms. The van der Waals surface area contributed by atoms with Crippen LogP contribution >= 0.6 is 0 Å². The minimum absolute atomic E-state index is 0.280. The predicted octanol–water partition coefficient (Wildman–Crippen LogP) is 5.14. The number of aliphatic hydroxyl groups excluding tert-OH is 3. The Kier molecular flexibility index (Phi) is 18.1. The molecule has 1 saturated heterocycles. The van der Waals surface area contributed by atoms with Crippen LogP contribution in [0.25, 0.3) is 0 Å². The third-order valence-electron chi connectivity index (χ3n) is 6.32. The van der Waals surface area contributed by atoms with Crippen molar-refractivity contribution in [3.8, 4) is 0 Å². The van der Waals surface area contributed by atoms with E-state index in [2.05, 4.69) is 6.92 Å². The summed E-state index contributed by atoms with van der Waals surface area (Å²) >= 11 is 0. The monoisotopic (exact) mass is 430 g/mol. The van der Waals surface area contributed by atoms with E-state index in [9.17, 15) is 10.2 Å². The number of unbranched alkanes of at least 4 members (excludes halogenated alkanes) is 16. The van der Waals surface area contributed by atoms with Crippen LogP contribution in [0.15, 0.2) is 0 Å². The van der Waals surface area contributed by atoms with Gasteiger partial charge < -0.3 is 24.8 Å². The molecule has 0 saturated carbocycles. The van der Waals surface area contributed by atoms with Crippen LogP contribution in [0.3, 0.4) is 0 Å². The van der Waals surface area contributed by atoms with E-state index in [0.29, 0.717) is 6.61 Å². The summed E-state index contributed by atoms with van der Waals surface area (Å²) in [7, 11) is 0. The van der Waals surface area contributed by atoms with Gasteiger partial charge in [-0.25, -0.2) is 0 Å². The van der Waals surface area contributed by atoms with Crippen molar-refractivity contribution in [1.82, 2.24) is 0 Å². The van der Waals surface area contributed by atoms with Crippen LogP contribution in [0.5, 0.6) is 0 Å². The molecule has 4 atom stereocenters. The van der Waals surface area contributed by atoms with E-state index >= 15 is 0 Å². The number of ether oxygens (including phenoxy) is 2. The minimum atomic E-state index is -1.05. The summed E-state index contributed by atoms with van der Waals surface area (Å²) in [4.78, 5) is 0. The summed E-state index contributed by atoms with van der Waals surface area (Å²) in [5.41, 5.74) is 0. The fraction of sp³-hybridized carbons (Fsp3) is 1.00. The van der Waals surface area contributed by atoms with E-state index in [4.69, 9.17) is 14.6 Å². The van der Waals surface area contributed by atoms with Crippen LogP contribution in [0.4, 0.5) is 0 Å². The van der Waals surface area contributed by atoms with Gasteiger partial charge >= 0.3 is 0 Å². The van der Waals surface area contributed by atoms with Crippen molar-refractivity contribution in [2.24, 2.45) is 0 Å². The van der Waals surface area contributed by atoms with Crippen LogP contribution in [-0.2, 0) is 9.47 Å². The molecule has 0 spiro atoms. The van der Waals surface area contributed by atoms with Crippen LogP contribution in [-0.4, -0.2) is 59.6 Å². The Morgan fingerprint density at radius 2 is 1.20 bits per heavy atom. The Labute approximate surface area is 185 Å². The highest BCUT2D eigenvalue weighted by Crippen LogP contribution is 2.21. The summed E-state index contributed by atoms with van der Waals surface area (Å²) in [6.45, 7) is 2.76.